The molecule has 0 aliphatic carbocycles. The number of ketones is 1. The van der Waals surface area contributed by atoms with Gasteiger partial charge in [-0.25, -0.2) is 0 Å². The molecule has 20 heavy (non-hydrogen) atoms. The lowest BCUT2D eigenvalue weighted by Gasteiger charge is -2.00. The van der Waals surface area contributed by atoms with Crippen LogP contribution >= 0.6 is 11.3 Å². The Labute approximate surface area is 121 Å². The van der Waals surface area contributed by atoms with Crippen LogP contribution in [0.4, 0.5) is 0 Å². The van der Waals surface area contributed by atoms with E-state index < -0.39 is 0 Å². The summed E-state index contributed by atoms with van der Waals surface area (Å²) in [5.74, 6) is 0.746. The van der Waals surface area contributed by atoms with Gasteiger partial charge in [0.25, 0.3) is 5.91 Å². The van der Waals surface area contributed by atoms with E-state index >= 15 is 0 Å². The molecule has 2 heterocycles. The standard InChI is InChI=1S/C15H17NO3S/c1-3-4-9-16-15(18)12-6-5-11(19-12)14-8-7-13(20-14)10(2)17/h5-8H,3-4,9H2,1-2H3,(H,16,18). The van der Waals surface area contributed by atoms with Gasteiger partial charge in [-0.15, -0.1) is 11.3 Å². The van der Waals surface area contributed by atoms with Crippen LogP contribution in [0.5, 0.6) is 0 Å². The number of hydrogen-bond donors (Lipinski definition) is 1. The number of rotatable bonds is 6. The summed E-state index contributed by atoms with van der Waals surface area (Å²) in [7, 11) is 0. The number of carbonyl (C=O) groups excluding carboxylic acids is 2. The molecule has 2 aromatic rings. The zero-order chi connectivity index (χ0) is 14.5. The van der Waals surface area contributed by atoms with E-state index in [1.54, 1.807) is 18.2 Å². The summed E-state index contributed by atoms with van der Waals surface area (Å²) in [6.07, 6.45) is 1.99. The Morgan fingerprint density at radius 1 is 1.25 bits per heavy atom. The fourth-order valence-corrected chi connectivity index (χ4v) is 2.58. The van der Waals surface area contributed by atoms with E-state index in [2.05, 4.69) is 12.2 Å². The van der Waals surface area contributed by atoms with Gasteiger partial charge in [0.2, 0.25) is 0 Å². The average molecular weight is 291 g/mol. The molecule has 0 radical (unpaired) electrons. The van der Waals surface area contributed by atoms with Crippen molar-refractivity contribution in [1.82, 2.24) is 5.32 Å². The Hall–Kier alpha value is -1.88. The highest BCUT2D eigenvalue weighted by Crippen LogP contribution is 2.29. The quantitative estimate of drug-likeness (QED) is 0.651. The number of furan rings is 1. The summed E-state index contributed by atoms with van der Waals surface area (Å²) >= 11 is 1.37. The van der Waals surface area contributed by atoms with E-state index in [1.165, 1.54) is 18.3 Å². The van der Waals surface area contributed by atoms with Gasteiger partial charge < -0.3 is 9.73 Å². The fourth-order valence-electron chi connectivity index (χ4n) is 1.72. The van der Waals surface area contributed by atoms with Gasteiger partial charge in [0, 0.05) is 6.54 Å². The first-order valence-corrected chi connectivity index (χ1v) is 7.42. The molecule has 0 saturated carbocycles. The molecule has 106 valence electrons. The summed E-state index contributed by atoms with van der Waals surface area (Å²) in [6.45, 7) is 4.25. The molecular weight excluding hydrogens is 274 g/mol. The van der Waals surface area contributed by atoms with E-state index in [0.29, 0.717) is 22.9 Å². The molecule has 5 heteroatoms. The highest BCUT2D eigenvalue weighted by molar-refractivity contribution is 7.17. The summed E-state index contributed by atoms with van der Waals surface area (Å²) in [5, 5.41) is 2.80. The predicted octanol–water partition coefficient (Wildman–Crippen LogP) is 3.74. The van der Waals surface area contributed by atoms with E-state index in [0.717, 1.165) is 17.7 Å². The summed E-state index contributed by atoms with van der Waals surface area (Å²) in [5.41, 5.74) is 0. The zero-order valence-corrected chi connectivity index (χ0v) is 12.4. The minimum Gasteiger partial charge on any atom is -0.450 e. The zero-order valence-electron chi connectivity index (χ0n) is 11.6. The van der Waals surface area contributed by atoms with E-state index in [4.69, 9.17) is 4.42 Å². The molecule has 1 N–H and O–H groups in total. The van der Waals surface area contributed by atoms with Gasteiger partial charge in [0.05, 0.1) is 9.75 Å². The van der Waals surface area contributed by atoms with Crippen molar-refractivity contribution in [3.63, 3.8) is 0 Å². The number of nitrogens with one attached hydrogen (secondary N) is 1. The summed E-state index contributed by atoms with van der Waals surface area (Å²) < 4.78 is 5.54. The van der Waals surface area contributed by atoms with Crippen molar-refractivity contribution in [2.24, 2.45) is 0 Å². The van der Waals surface area contributed by atoms with Gasteiger partial charge in [-0.1, -0.05) is 13.3 Å². The predicted molar refractivity (Wildman–Crippen MR) is 79.3 cm³/mol. The van der Waals surface area contributed by atoms with Crippen molar-refractivity contribution in [1.29, 1.82) is 0 Å². The number of unbranched alkanes of at least 4 members (excludes halogenated alkanes) is 1. The first kappa shape index (κ1) is 14.5. The lowest BCUT2D eigenvalue weighted by Crippen LogP contribution is -2.23. The monoisotopic (exact) mass is 291 g/mol. The molecule has 0 bridgehead atoms. The van der Waals surface area contributed by atoms with Gasteiger partial charge >= 0.3 is 0 Å². The van der Waals surface area contributed by atoms with Crippen molar-refractivity contribution in [2.45, 2.75) is 26.7 Å². The molecule has 2 aromatic heterocycles. The number of amides is 1. The number of hydrogen-bond acceptors (Lipinski definition) is 4. The molecule has 0 atom stereocenters. The van der Waals surface area contributed by atoms with E-state index in [-0.39, 0.29) is 11.7 Å². The highest BCUT2D eigenvalue weighted by Gasteiger charge is 2.13. The topological polar surface area (TPSA) is 59.3 Å². The van der Waals surface area contributed by atoms with Crippen molar-refractivity contribution in [3.8, 4) is 10.6 Å². The lowest BCUT2D eigenvalue weighted by atomic mass is 10.3. The van der Waals surface area contributed by atoms with Crippen LogP contribution in [0.3, 0.4) is 0 Å². The molecule has 0 aliphatic rings. The molecule has 0 fully saturated rings. The van der Waals surface area contributed by atoms with Crippen LogP contribution in [0.25, 0.3) is 10.6 Å². The molecule has 0 aliphatic heterocycles. The van der Waals surface area contributed by atoms with Crippen LogP contribution in [0.15, 0.2) is 28.7 Å². The molecule has 0 unspecified atom stereocenters. The molecule has 4 nitrogen and oxygen atoms in total. The molecule has 0 spiro atoms. The normalized spacial score (nSPS) is 10.5. The van der Waals surface area contributed by atoms with Gasteiger partial charge in [0.1, 0.15) is 5.76 Å². The molecular formula is C15H17NO3S. The van der Waals surface area contributed by atoms with Crippen molar-refractivity contribution in [2.75, 3.05) is 6.54 Å². The minimum atomic E-state index is -0.201. The van der Waals surface area contributed by atoms with Crippen molar-refractivity contribution < 1.29 is 14.0 Å². The molecule has 0 saturated heterocycles. The highest BCUT2D eigenvalue weighted by atomic mass is 32.1. The maximum Gasteiger partial charge on any atom is 0.287 e. The fraction of sp³-hybridized carbons (Fsp3) is 0.333. The summed E-state index contributed by atoms with van der Waals surface area (Å²) in [4.78, 5) is 24.6. The average Bonchev–Trinajstić information content (AvgIpc) is 3.07. The third-order valence-corrected chi connectivity index (χ3v) is 4.04. The van der Waals surface area contributed by atoms with Crippen LogP contribution < -0.4 is 5.32 Å². The second-order valence-electron chi connectivity index (χ2n) is 4.49. The van der Waals surface area contributed by atoms with E-state index in [9.17, 15) is 9.59 Å². The molecule has 0 aromatic carbocycles. The minimum absolute atomic E-state index is 0.0327. The third kappa shape index (κ3) is 3.36. The van der Waals surface area contributed by atoms with Crippen molar-refractivity contribution >= 4 is 23.0 Å². The van der Waals surface area contributed by atoms with E-state index in [1.807, 2.05) is 6.07 Å². The van der Waals surface area contributed by atoms with Gasteiger partial charge in [-0.3, -0.25) is 9.59 Å². The van der Waals surface area contributed by atoms with Gasteiger partial charge in [-0.05, 0) is 37.6 Å². The Morgan fingerprint density at radius 2 is 2.05 bits per heavy atom. The van der Waals surface area contributed by atoms with Gasteiger partial charge in [0.15, 0.2) is 11.5 Å². The number of carbonyl (C=O) groups is 2. The number of Topliss-reactive ketones (excluding diaryl/α,β-unsaturated/α-hetero) is 1. The smallest absolute Gasteiger partial charge is 0.287 e. The largest absolute Gasteiger partial charge is 0.450 e. The van der Waals surface area contributed by atoms with Gasteiger partial charge in [-0.2, -0.15) is 0 Å². The molecule has 2 rings (SSSR count). The lowest BCUT2D eigenvalue weighted by molar-refractivity contribution is 0.0925. The van der Waals surface area contributed by atoms with Crippen LogP contribution in [0, 0.1) is 0 Å². The second-order valence-corrected chi connectivity index (χ2v) is 5.58. The van der Waals surface area contributed by atoms with Crippen LogP contribution in [0.2, 0.25) is 0 Å². The number of thiophene rings is 1. The third-order valence-electron chi connectivity index (χ3n) is 2.84. The van der Waals surface area contributed by atoms with Crippen LogP contribution in [0.1, 0.15) is 46.9 Å². The molecule has 1 amide bonds. The maximum atomic E-state index is 11.8. The first-order chi connectivity index (χ1) is 9.61. The Kier molecular flexibility index (Phi) is 4.74. The maximum absolute atomic E-state index is 11.8. The summed E-state index contributed by atoms with van der Waals surface area (Å²) in [6, 6.07) is 7.01. The Morgan fingerprint density at radius 3 is 2.70 bits per heavy atom. The SMILES string of the molecule is CCCCNC(=O)c1ccc(-c2ccc(C(C)=O)s2)o1. The van der Waals surface area contributed by atoms with Crippen LogP contribution in [-0.4, -0.2) is 18.2 Å². The Balaban J connectivity index is 2.07. The second kappa shape index (κ2) is 6.52. The Bertz CT molecular complexity index is 612. The first-order valence-electron chi connectivity index (χ1n) is 6.61. The van der Waals surface area contributed by atoms with Crippen molar-refractivity contribution in [3.05, 3.63) is 34.9 Å². The van der Waals surface area contributed by atoms with Crippen LogP contribution in [-0.2, 0) is 0 Å².